The smallest absolute Gasteiger partial charge is 0.237 e. The van der Waals surface area contributed by atoms with E-state index in [0.717, 1.165) is 49.5 Å². The third-order valence-corrected chi connectivity index (χ3v) is 5.21. The van der Waals surface area contributed by atoms with E-state index in [2.05, 4.69) is 17.9 Å². The van der Waals surface area contributed by atoms with Gasteiger partial charge in [0.15, 0.2) is 11.5 Å². The maximum Gasteiger partial charge on any atom is 0.237 e. The van der Waals surface area contributed by atoms with Gasteiger partial charge in [-0.1, -0.05) is 6.07 Å². The topological polar surface area (TPSA) is 51.2 Å². The van der Waals surface area contributed by atoms with E-state index < -0.39 is 0 Å². The first-order valence-corrected chi connectivity index (χ1v) is 9.23. The molecule has 0 aliphatic carbocycles. The Morgan fingerprint density at radius 3 is 2.84 bits per heavy atom. The first kappa shape index (κ1) is 16.7. The summed E-state index contributed by atoms with van der Waals surface area (Å²) in [4.78, 5) is 17.1. The Kier molecular flexibility index (Phi) is 4.81. The van der Waals surface area contributed by atoms with E-state index >= 15 is 0 Å². The zero-order valence-electron chi connectivity index (χ0n) is 14.8. The minimum Gasteiger partial charge on any atom is -0.486 e. The Hall–Kier alpha value is -1.79. The fourth-order valence-electron chi connectivity index (χ4n) is 4.00. The van der Waals surface area contributed by atoms with Crippen molar-refractivity contribution in [1.29, 1.82) is 0 Å². The lowest BCUT2D eigenvalue weighted by Gasteiger charge is -2.33. The lowest BCUT2D eigenvalue weighted by Crippen LogP contribution is -2.47. The summed E-state index contributed by atoms with van der Waals surface area (Å²) in [6.45, 7) is 6.92. The zero-order chi connectivity index (χ0) is 17.2. The van der Waals surface area contributed by atoms with Crippen LogP contribution in [0.5, 0.6) is 11.5 Å². The van der Waals surface area contributed by atoms with Crippen LogP contribution >= 0.6 is 0 Å². The second-order valence-corrected chi connectivity index (χ2v) is 7.06. The van der Waals surface area contributed by atoms with Gasteiger partial charge in [-0.05, 0) is 37.5 Å². The molecule has 0 N–H and O–H groups in total. The van der Waals surface area contributed by atoms with E-state index in [1.165, 1.54) is 0 Å². The van der Waals surface area contributed by atoms with Gasteiger partial charge in [-0.3, -0.25) is 9.69 Å². The van der Waals surface area contributed by atoms with E-state index in [1.807, 2.05) is 17.0 Å². The number of nitrogens with zero attached hydrogens (tertiary/aromatic N) is 2. The first-order chi connectivity index (χ1) is 12.2. The summed E-state index contributed by atoms with van der Waals surface area (Å²) in [6.07, 6.45) is 2.25. The van der Waals surface area contributed by atoms with Gasteiger partial charge in [-0.2, -0.15) is 0 Å². The molecule has 2 saturated heterocycles. The Labute approximate surface area is 148 Å². The Morgan fingerprint density at radius 1 is 1.16 bits per heavy atom. The molecule has 1 aromatic carbocycles. The number of rotatable bonds is 3. The van der Waals surface area contributed by atoms with E-state index in [1.54, 1.807) is 0 Å². The SMILES string of the molecule is C[C@@H]1CN(CC(=O)N2CCC[C@H]2c2ccc3c(c2)OCCO3)CCO1. The molecule has 3 aliphatic rings. The van der Waals surface area contributed by atoms with Crippen LogP contribution in [-0.4, -0.2) is 67.8 Å². The molecule has 1 amide bonds. The van der Waals surface area contributed by atoms with Crippen LogP contribution in [0.2, 0.25) is 0 Å². The number of carbonyl (C=O) groups excluding carboxylic acids is 1. The predicted molar refractivity (Wildman–Crippen MR) is 93.0 cm³/mol. The van der Waals surface area contributed by atoms with Gasteiger partial charge in [0.05, 0.1) is 25.3 Å². The highest BCUT2D eigenvalue weighted by Gasteiger charge is 2.32. The normalized spacial score (nSPS) is 26.7. The number of hydrogen-bond acceptors (Lipinski definition) is 5. The van der Waals surface area contributed by atoms with Gasteiger partial charge in [0.25, 0.3) is 0 Å². The van der Waals surface area contributed by atoms with Crippen molar-refractivity contribution in [3.63, 3.8) is 0 Å². The largest absolute Gasteiger partial charge is 0.486 e. The third-order valence-electron chi connectivity index (χ3n) is 5.21. The molecule has 6 nitrogen and oxygen atoms in total. The molecule has 0 aromatic heterocycles. The number of morpholine rings is 1. The molecule has 2 fully saturated rings. The lowest BCUT2D eigenvalue weighted by atomic mass is 10.0. The van der Waals surface area contributed by atoms with Gasteiger partial charge in [0.1, 0.15) is 13.2 Å². The number of fused-ring (bicyclic) bond motifs is 1. The number of carbonyl (C=O) groups is 1. The minimum absolute atomic E-state index is 0.141. The highest BCUT2D eigenvalue weighted by atomic mass is 16.6. The van der Waals surface area contributed by atoms with Crippen LogP contribution in [-0.2, 0) is 9.53 Å². The van der Waals surface area contributed by atoms with E-state index in [4.69, 9.17) is 14.2 Å². The molecule has 4 rings (SSSR count). The van der Waals surface area contributed by atoms with Crippen molar-refractivity contribution in [2.24, 2.45) is 0 Å². The molecular weight excluding hydrogens is 320 g/mol. The fourth-order valence-corrected chi connectivity index (χ4v) is 4.00. The van der Waals surface area contributed by atoms with Crippen LogP contribution in [0.25, 0.3) is 0 Å². The van der Waals surface area contributed by atoms with Crippen LogP contribution < -0.4 is 9.47 Å². The zero-order valence-corrected chi connectivity index (χ0v) is 14.8. The van der Waals surface area contributed by atoms with Crippen LogP contribution in [0.1, 0.15) is 31.4 Å². The van der Waals surface area contributed by atoms with Crippen molar-refractivity contribution in [3.8, 4) is 11.5 Å². The highest BCUT2D eigenvalue weighted by molar-refractivity contribution is 5.79. The summed E-state index contributed by atoms with van der Waals surface area (Å²) < 4.78 is 16.9. The van der Waals surface area contributed by atoms with Crippen molar-refractivity contribution in [1.82, 2.24) is 9.80 Å². The van der Waals surface area contributed by atoms with Crippen molar-refractivity contribution in [2.45, 2.75) is 31.9 Å². The maximum atomic E-state index is 12.9. The monoisotopic (exact) mass is 346 g/mol. The Balaban J connectivity index is 1.45. The van der Waals surface area contributed by atoms with E-state index in [9.17, 15) is 4.79 Å². The van der Waals surface area contributed by atoms with Crippen molar-refractivity contribution in [2.75, 3.05) is 46.0 Å². The molecule has 0 unspecified atom stereocenters. The molecule has 0 saturated carbocycles. The van der Waals surface area contributed by atoms with Crippen molar-refractivity contribution < 1.29 is 19.0 Å². The van der Waals surface area contributed by atoms with Gasteiger partial charge in [0, 0.05) is 19.6 Å². The quantitative estimate of drug-likeness (QED) is 0.836. The van der Waals surface area contributed by atoms with Crippen LogP contribution in [0.4, 0.5) is 0 Å². The summed E-state index contributed by atoms with van der Waals surface area (Å²) >= 11 is 0. The average Bonchev–Trinajstić information content (AvgIpc) is 3.11. The van der Waals surface area contributed by atoms with Crippen LogP contribution in [0, 0.1) is 0 Å². The van der Waals surface area contributed by atoms with Gasteiger partial charge in [-0.15, -0.1) is 0 Å². The van der Waals surface area contributed by atoms with Crippen LogP contribution in [0.15, 0.2) is 18.2 Å². The minimum atomic E-state index is 0.141. The second-order valence-electron chi connectivity index (χ2n) is 7.06. The molecule has 3 heterocycles. The molecule has 2 atom stereocenters. The molecule has 0 bridgehead atoms. The first-order valence-electron chi connectivity index (χ1n) is 9.23. The number of amides is 1. The summed E-state index contributed by atoms with van der Waals surface area (Å²) in [7, 11) is 0. The standard InChI is InChI=1S/C19H26N2O4/c1-14-12-20(7-8-23-14)13-19(22)21-6-2-3-16(21)15-4-5-17-18(11-15)25-10-9-24-17/h4-5,11,14,16H,2-3,6-10,12-13H2,1H3/t14-,16+/m1/s1. The second kappa shape index (κ2) is 7.22. The van der Waals surface area contributed by atoms with Gasteiger partial charge < -0.3 is 19.1 Å². The number of benzene rings is 1. The molecule has 1 aromatic rings. The molecule has 25 heavy (non-hydrogen) atoms. The Bertz CT molecular complexity index is 636. The molecule has 0 spiro atoms. The predicted octanol–water partition coefficient (Wildman–Crippen LogP) is 1.84. The molecule has 0 radical (unpaired) electrons. The highest BCUT2D eigenvalue weighted by Crippen LogP contribution is 2.38. The molecule has 6 heteroatoms. The van der Waals surface area contributed by atoms with Gasteiger partial charge in [0.2, 0.25) is 5.91 Å². The third kappa shape index (κ3) is 3.60. The average molecular weight is 346 g/mol. The fraction of sp³-hybridized carbons (Fsp3) is 0.632. The summed E-state index contributed by atoms with van der Waals surface area (Å²) in [5.74, 6) is 1.81. The Morgan fingerprint density at radius 2 is 2.00 bits per heavy atom. The lowest BCUT2D eigenvalue weighted by molar-refractivity contribution is -0.135. The van der Waals surface area contributed by atoms with E-state index in [-0.39, 0.29) is 18.1 Å². The summed E-state index contributed by atoms with van der Waals surface area (Å²) in [6, 6.07) is 6.22. The maximum absolute atomic E-state index is 12.9. The van der Waals surface area contributed by atoms with E-state index in [0.29, 0.717) is 26.4 Å². The van der Waals surface area contributed by atoms with Crippen molar-refractivity contribution >= 4 is 5.91 Å². The van der Waals surface area contributed by atoms with Gasteiger partial charge >= 0.3 is 0 Å². The molecule has 136 valence electrons. The summed E-state index contributed by atoms with van der Waals surface area (Å²) in [5, 5.41) is 0. The number of likely N-dealkylation sites (tertiary alicyclic amines) is 1. The number of hydrogen-bond donors (Lipinski definition) is 0. The van der Waals surface area contributed by atoms with Crippen molar-refractivity contribution in [3.05, 3.63) is 23.8 Å². The molecule has 3 aliphatic heterocycles. The summed E-state index contributed by atoms with van der Waals surface area (Å²) in [5.41, 5.74) is 1.14. The van der Waals surface area contributed by atoms with Crippen LogP contribution in [0.3, 0.4) is 0 Å². The number of ether oxygens (including phenoxy) is 3. The molecular formula is C19H26N2O4. The van der Waals surface area contributed by atoms with Gasteiger partial charge in [-0.25, -0.2) is 0 Å².